The number of thioether (sulfide) groups is 1. The second-order valence-corrected chi connectivity index (χ2v) is 10.0. The highest BCUT2D eigenvalue weighted by Crippen LogP contribution is 2.31. The van der Waals surface area contributed by atoms with Crippen LogP contribution >= 0.6 is 24.4 Å². The van der Waals surface area contributed by atoms with E-state index >= 15 is 0 Å². The molecular formula is C23H30N4O4S2. The summed E-state index contributed by atoms with van der Waals surface area (Å²) in [6, 6.07) is 2.84. The number of nitrogens with zero attached hydrogens (tertiary/aromatic N) is 2. The number of aliphatic imine (C=N–C) groups is 1. The average molecular weight is 491 g/mol. The van der Waals surface area contributed by atoms with Gasteiger partial charge in [0.1, 0.15) is 17.7 Å². The first-order valence-corrected chi connectivity index (χ1v) is 12.6. The van der Waals surface area contributed by atoms with E-state index in [1.807, 2.05) is 32.1 Å². The molecule has 1 aromatic rings. The molecule has 0 fully saturated rings. The van der Waals surface area contributed by atoms with Crippen molar-refractivity contribution < 1.29 is 19.1 Å². The molecule has 33 heavy (non-hydrogen) atoms. The number of ether oxygens (including phenoxy) is 1. The van der Waals surface area contributed by atoms with Crippen molar-refractivity contribution >= 4 is 47.2 Å². The maximum atomic E-state index is 13.2. The quantitative estimate of drug-likeness (QED) is 0.339. The molecule has 1 aromatic heterocycles. The average Bonchev–Trinajstić information content (AvgIpc) is 3.19. The van der Waals surface area contributed by atoms with Crippen LogP contribution in [0.25, 0.3) is 0 Å². The van der Waals surface area contributed by atoms with Gasteiger partial charge in [0, 0.05) is 17.5 Å². The normalized spacial score (nSPS) is 26.7. The topological polar surface area (TPSA) is 110 Å². The molecule has 0 aliphatic carbocycles. The van der Waals surface area contributed by atoms with Gasteiger partial charge in [0.25, 0.3) is 0 Å². The third-order valence-corrected chi connectivity index (χ3v) is 6.93. The van der Waals surface area contributed by atoms with Crippen molar-refractivity contribution in [2.24, 2.45) is 10.9 Å². The van der Waals surface area contributed by atoms with Crippen LogP contribution < -0.4 is 10.6 Å². The summed E-state index contributed by atoms with van der Waals surface area (Å²) in [5.41, 5.74) is 0.511. The van der Waals surface area contributed by atoms with Crippen LogP contribution in [-0.4, -0.2) is 57.0 Å². The number of thiol groups is 1. The lowest BCUT2D eigenvalue weighted by atomic mass is 10.00. The maximum Gasteiger partial charge on any atom is 0.329 e. The Hall–Kier alpha value is -2.33. The number of cyclic esters (lactones) is 1. The summed E-state index contributed by atoms with van der Waals surface area (Å²) in [5.74, 6) is -0.300. The number of amides is 2. The van der Waals surface area contributed by atoms with Crippen LogP contribution in [0.5, 0.6) is 0 Å². The number of carbonyl (C=O) groups is 3. The fraction of sp³-hybridized carbons (Fsp3) is 0.522. The van der Waals surface area contributed by atoms with E-state index in [4.69, 9.17) is 4.74 Å². The van der Waals surface area contributed by atoms with E-state index in [0.717, 1.165) is 10.6 Å². The highest BCUT2D eigenvalue weighted by atomic mass is 32.2. The maximum absolute atomic E-state index is 13.2. The highest BCUT2D eigenvalue weighted by Gasteiger charge is 2.41. The smallest absolute Gasteiger partial charge is 0.329 e. The van der Waals surface area contributed by atoms with Gasteiger partial charge in [-0.15, -0.1) is 11.8 Å². The number of esters is 1. The van der Waals surface area contributed by atoms with Crippen molar-refractivity contribution in [1.82, 2.24) is 15.6 Å². The van der Waals surface area contributed by atoms with Crippen LogP contribution in [0.3, 0.4) is 0 Å². The molecule has 3 heterocycles. The Morgan fingerprint density at radius 3 is 2.88 bits per heavy atom. The van der Waals surface area contributed by atoms with E-state index in [9.17, 15) is 14.4 Å². The van der Waals surface area contributed by atoms with Crippen molar-refractivity contribution in [3.8, 4) is 0 Å². The van der Waals surface area contributed by atoms with Crippen molar-refractivity contribution in [3.63, 3.8) is 0 Å². The molecule has 0 spiro atoms. The van der Waals surface area contributed by atoms with E-state index in [2.05, 4.69) is 33.2 Å². The Labute approximate surface area is 203 Å². The van der Waals surface area contributed by atoms with E-state index in [1.165, 1.54) is 11.8 Å². The van der Waals surface area contributed by atoms with Gasteiger partial charge in [-0.25, -0.2) is 4.79 Å². The Kier molecular flexibility index (Phi) is 8.58. The number of carbonyl (C=O) groups excluding carboxylic acids is 3. The Morgan fingerprint density at radius 1 is 1.36 bits per heavy atom. The summed E-state index contributed by atoms with van der Waals surface area (Å²) < 4.78 is 5.66. The molecule has 178 valence electrons. The van der Waals surface area contributed by atoms with Gasteiger partial charge in [-0.1, -0.05) is 19.9 Å². The summed E-state index contributed by atoms with van der Waals surface area (Å²) in [6.45, 7) is 5.67. The van der Waals surface area contributed by atoms with E-state index in [1.54, 1.807) is 19.2 Å². The molecule has 2 aliphatic rings. The third-order valence-electron chi connectivity index (χ3n) is 5.37. The van der Waals surface area contributed by atoms with Gasteiger partial charge in [0.05, 0.1) is 23.7 Å². The van der Waals surface area contributed by atoms with Crippen LogP contribution in [0.4, 0.5) is 0 Å². The van der Waals surface area contributed by atoms with Crippen molar-refractivity contribution in [2.45, 2.75) is 57.8 Å². The molecule has 2 amide bonds. The van der Waals surface area contributed by atoms with Gasteiger partial charge >= 0.3 is 5.97 Å². The molecule has 2 aliphatic heterocycles. The summed E-state index contributed by atoms with van der Waals surface area (Å²) in [7, 11) is 0. The molecular weight excluding hydrogens is 460 g/mol. The minimum absolute atomic E-state index is 0.0342. The number of pyridine rings is 1. The number of aromatic nitrogens is 1. The lowest BCUT2D eigenvalue weighted by molar-refractivity contribution is -0.153. The van der Waals surface area contributed by atoms with Gasteiger partial charge in [-0.2, -0.15) is 12.6 Å². The molecule has 3 rings (SSSR count). The van der Waals surface area contributed by atoms with Gasteiger partial charge in [0.15, 0.2) is 0 Å². The molecule has 8 nitrogen and oxygen atoms in total. The van der Waals surface area contributed by atoms with Crippen LogP contribution in [-0.2, 0) is 25.7 Å². The lowest BCUT2D eigenvalue weighted by Crippen LogP contribution is -2.53. The summed E-state index contributed by atoms with van der Waals surface area (Å²) in [5, 5.41) is 6.41. The monoisotopic (exact) mass is 490 g/mol. The molecule has 3 atom stereocenters. The van der Waals surface area contributed by atoms with Gasteiger partial charge in [0.2, 0.25) is 11.8 Å². The molecule has 4 bridgehead atoms. The first kappa shape index (κ1) is 25.3. The minimum Gasteiger partial charge on any atom is -0.456 e. The van der Waals surface area contributed by atoms with Gasteiger partial charge < -0.3 is 15.4 Å². The van der Waals surface area contributed by atoms with Crippen LogP contribution in [0.2, 0.25) is 0 Å². The molecule has 0 aromatic carbocycles. The zero-order valence-electron chi connectivity index (χ0n) is 19.0. The van der Waals surface area contributed by atoms with Crippen molar-refractivity contribution in [1.29, 1.82) is 0 Å². The molecule has 0 saturated carbocycles. The molecule has 0 radical (unpaired) electrons. The number of rotatable bonds is 4. The Bertz CT molecular complexity index is 966. The number of nitrogens with one attached hydrogen (secondary N) is 2. The minimum atomic E-state index is -1.01. The predicted molar refractivity (Wildman–Crippen MR) is 132 cm³/mol. The van der Waals surface area contributed by atoms with Crippen LogP contribution in [0.1, 0.15) is 44.9 Å². The van der Waals surface area contributed by atoms with Crippen molar-refractivity contribution in [2.75, 3.05) is 11.5 Å². The standard InChI is InChI=1S/C23H30N4O4S2/c1-14(2)19-21(29)31-17(6-4-5-9-32)11-18(28)25-12-16-10-15(7-8-24-16)20-27-23(3,13-33-20)22(30)26-19/h4,6-8,10,14,17,19,32H,5,9,11-13H2,1-3H3,(H,25,28)(H,26,30)/b6-4+/t17-,19?,23+/m1/s1. The zero-order chi connectivity index (χ0) is 24.0. The number of fused-ring (bicyclic) bond motifs is 4. The largest absolute Gasteiger partial charge is 0.456 e. The molecule has 2 N–H and O–H groups in total. The fourth-order valence-electron chi connectivity index (χ4n) is 3.40. The van der Waals surface area contributed by atoms with Gasteiger partial charge in [-0.3, -0.25) is 19.6 Å². The van der Waals surface area contributed by atoms with E-state index in [0.29, 0.717) is 23.6 Å². The lowest BCUT2D eigenvalue weighted by Gasteiger charge is -2.27. The Morgan fingerprint density at radius 2 is 2.15 bits per heavy atom. The van der Waals surface area contributed by atoms with E-state index < -0.39 is 23.7 Å². The van der Waals surface area contributed by atoms with Crippen LogP contribution in [0.15, 0.2) is 35.5 Å². The van der Waals surface area contributed by atoms with E-state index in [-0.39, 0.29) is 30.7 Å². The number of allylic oxidation sites excluding steroid dienone is 1. The van der Waals surface area contributed by atoms with Crippen molar-refractivity contribution in [3.05, 3.63) is 41.7 Å². The summed E-state index contributed by atoms with van der Waals surface area (Å²) in [4.78, 5) is 47.8. The molecule has 0 saturated heterocycles. The SMILES string of the molecule is CC(C)C1NC(=O)[C@]2(C)CSC(=N2)c2ccnc(c2)CNC(=O)C[C@@H](/C=C/CCS)OC1=O. The number of hydrogen-bond donors (Lipinski definition) is 3. The first-order valence-electron chi connectivity index (χ1n) is 11.0. The second-order valence-electron chi connectivity index (χ2n) is 8.61. The van der Waals surface area contributed by atoms with Crippen LogP contribution in [0, 0.1) is 5.92 Å². The zero-order valence-corrected chi connectivity index (χ0v) is 20.7. The fourth-order valence-corrected chi connectivity index (χ4v) is 4.72. The summed E-state index contributed by atoms with van der Waals surface area (Å²) >= 11 is 5.66. The number of hydrogen-bond acceptors (Lipinski definition) is 8. The molecule has 1 unspecified atom stereocenters. The first-order chi connectivity index (χ1) is 15.7. The summed E-state index contributed by atoms with van der Waals surface area (Å²) in [6.07, 6.45) is 5.07. The predicted octanol–water partition coefficient (Wildman–Crippen LogP) is 2.28. The molecule has 10 heteroatoms. The highest BCUT2D eigenvalue weighted by molar-refractivity contribution is 8.14. The Balaban J connectivity index is 1.95. The third kappa shape index (κ3) is 6.60. The van der Waals surface area contributed by atoms with Gasteiger partial charge in [-0.05, 0) is 43.2 Å². The second kappa shape index (κ2) is 11.2.